The fraction of sp³-hybridized carbons (Fsp3) is 0.533. The SMILES string of the molecule is CCCCCC(CC(C)=O)c1cccc(F)c1. The van der Waals surface area contributed by atoms with E-state index in [0.717, 1.165) is 24.8 Å². The van der Waals surface area contributed by atoms with Crippen molar-refractivity contribution >= 4 is 5.78 Å². The lowest BCUT2D eigenvalue weighted by Gasteiger charge is -2.15. The first-order chi connectivity index (χ1) is 8.13. The molecule has 0 amide bonds. The van der Waals surface area contributed by atoms with Crippen LogP contribution in [0.5, 0.6) is 0 Å². The largest absolute Gasteiger partial charge is 0.300 e. The van der Waals surface area contributed by atoms with Crippen LogP contribution in [0.25, 0.3) is 0 Å². The molecule has 17 heavy (non-hydrogen) atoms. The van der Waals surface area contributed by atoms with Crippen molar-refractivity contribution in [2.45, 2.75) is 51.9 Å². The van der Waals surface area contributed by atoms with E-state index in [0.29, 0.717) is 6.42 Å². The van der Waals surface area contributed by atoms with Crippen molar-refractivity contribution in [2.75, 3.05) is 0 Å². The number of halogens is 1. The molecule has 0 spiro atoms. The van der Waals surface area contributed by atoms with Crippen LogP contribution >= 0.6 is 0 Å². The Balaban J connectivity index is 2.70. The summed E-state index contributed by atoms with van der Waals surface area (Å²) in [5.41, 5.74) is 0.955. The number of rotatable bonds is 7. The summed E-state index contributed by atoms with van der Waals surface area (Å²) in [6.45, 7) is 3.76. The second-order valence-electron chi connectivity index (χ2n) is 4.65. The highest BCUT2D eigenvalue weighted by atomic mass is 19.1. The first-order valence-electron chi connectivity index (χ1n) is 6.38. The molecule has 0 aromatic heterocycles. The van der Waals surface area contributed by atoms with Gasteiger partial charge in [-0.2, -0.15) is 0 Å². The molecule has 1 atom stereocenters. The number of benzene rings is 1. The number of unbranched alkanes of at least 4 members (excludes halogenated alkanes) is 2. The zero-order chi connectivity index (χ0) is 12.7. The summed E-state index contributed by atoms with van der Waals surface area (Å²) in [6.07, 6.45) is 4.93. The van der Waals surface area contributed by atoms with E-state index in [9.17, 15) is 9.18 Å². The zero-order valence-corrected chi connectivity index (χ0v) is 10.7. The molecular formula is C15H21FO. The molecule has 94 valence electrons. The molecule has 1 rings (SSSR count). The predicted molar refractivity (Wildman–Crippen MR) is 68.6 cm³/mol. The van der Waals surface area contributed by atoms with Crippen molar-refractivity contribution < 1.29 is 9.18 Å². The van der Waals surface area contributed by atoms with Gasteiger partial charge in [0.05, 0.1) is 0 Å². The number of carbonyl (C=O) groups is 1. The van der Waals surface area contributed by atoms with Gasteiger partial charge in [-0.15, -0.1) is 0 Å². The van der Waals surface area contributed by atoms with E-state index in [4.69, 9.17) is 0 Å². The molecule has 1 aromatic rings. The van der Waals surface area contributed by atoms with E-state index < -0.39 is 0 Å². The summed E-state index contributed by atoms with van der Waals surface area (Å²) in [6, 6.07) is 6.64. The molecule has 1 aromatic carbocycles. The Labute approximate surface area is 103 Å². The molecule has 1 nitrogen and oxygen atoms in total. The van der Waals surface area contributed by atoms with Gasteiger partial charge in [0.1, 0.15) is 11.6 Å². The molecule has 2 heteroatoms. The topological polar surface area (TPSA) is 17.1 Å². The summed E-state index contributed by atoms with van der Waals surface area (Å²) in [7, 11) is 0. The summed E-state index contributed by atoms with van der Waals surface area (Å²) in [5.74, 6) is 0.136. The van der Waals surface area contributed by atoms with Crippen molar-refractivity contribution in [3.8, 4) is 0 Å². The van der Waals surface area contributed by atoms with Crippen LogP contribution in [0.1, 0.15) is 57.4 Å². The van der Waals surface area contributed by atoms with Crippen LogP contribution < -0.4 is 0 Å². The van der Waals surface area contributed by atoms with Crippen LogP contribution in [0.15, 0.2) is 24.3 Å². The standard InChI is InChI=1S/C15H21FO/c1-3-4-5-7-13(10-12(2)17)14-8-6-9-15(16)11-14/h6,8-9,11,13H,3-5,7,10H2,1-2H3. The van der Waals surface area contributed by atoms with Crippen LogP contribution in [0.4, 0.5) is 4.39 Å². The van der Waals surface area contributed by atoms with E-state index in [-0.39, 0.29) is 17.5 Å². The Morgan fingerprint density at radius 3 is 2.71 bits per heavy atom. The van der Waals surface area contributed by atoms with Gasteiger partial charge in [0.15, 0.2) is 0 Å². The zero-order valence-electron chi connectivity index (χ0n) is 10.7. The van der Waals surface area contributed by atoms with Gasteiger partial charge in [-0.25, -0.2) is 4.39 Å². The minimum atomic E-state index is -0.216. The maximum atomic E-state index is 13.2. The van der Waals surface area contributed by atoms with Gasteiger partial charge < -0.3 is 4.79 Å². The molecule has 0 N–H and O–H groups in total. The Morgan fingerprint density at radius 1 is 1.35 bits per heavy atom. The normalized spacial score (nSPS) is 12.4. The molecular weight excluding hydrogens is 215 g/mol. The number of carbonyl (C=O) groups excluding carboxylic acids is 1. The lowest BCUT2D eigenvalue weighted by Crippen LogP contribution is -2.05. The highest BCUT2D eigenvalue weighted by Crippen LogP contribution is 2.26. The van der Waals surface area contributed by atoms with Gasteiger partial charge in [0, 0.05) is 6.42 Å². The number of Topliss-reactive ketones (excluding diaryl/α,β-unsaturated/α-hetero) is 1. The first kappa shape index (κ1) is 13.9. The summed E-state index contributed by atoms with van der Waals surface area (Å²) >= 11 is 0. The molecule has 0 aliphatic carbocycles. The number of hydrogen-bond donors (Lipinski definition) is 0. The van der Waals surface area contributed by atoms with E-state index in [2.05, 4.69) is 6.92 Å². The van der Waals surface area contributed by atoms with E-state index in [1.807, 2.05) is 6.07 Å². The lowest BCUT2D eigenvalue weighted by atomic mass is 9.89. The highest BCUT2D eigenvalue weighted by Gasteiger charge is 2.14. The predicted octanol–water partition coefficient (Wildman–Crippen LogP) is 4.47. The third kappa shape index (κ3) is 5.12. The molecule has 0 heterocycles. The van der Waals surface area contributed by atoms with Crippen molar-refractivity contribution in [3.05, 3.63) is 35.6 Å². The third-order valence-corrected chi connectivity index (χ3v) is 3.01. The minimum Gasteiger partial charge on any atom is -0.300 e. The third-order valence-electron chi connectivity index (χ3n) is 3.01. The second kappa shape index (κ2) is 7.21. The first-order valence-corrected chi connectivity index (χ1v) is 6.38. The average Bonchev–Trinajstić information content (AvgIpc) is 2.27. The van der Waals surface area contributed by atoms with Gasteiger partial charge in [0.2, 0.25) is 0 Å². The van der Waals surface area contributed by atoms with E-state index in [1.54, 1.807) is 19.1 Å². The Hall–Kier alpha value is -1.18. The molecule has 0 saturated carbocycles. The lowest BCUT2D eigenvalue weighted by molar-refractivity contribution is -0.117. The quantitative estimate of drug-likeness (QED) is 0.638. The van der Waals surface area contributed by atoms with Crippen LogP contribution in [0.2, 0.25) is 0 Å². The fourth-order valence-electron chi connectivity index (χ4n) is 2.13. The molecule has 0 aliphatic rings. The van der Waals surface area contributed by atoms with Gasteiger partial charge in [0.25, 0.3) is 0 Å². The maximum absolute atomic E-state index is 13.2. The van der Waals surface area contributed by atoms with Crippen LogP contribution in [0, 0.1) is 5.82 Å². The van der Waals surface area contributed by atoms with Crippen LogP contribution in [0.3, 0.4) is 0 Å². The minimum absolute atomic E-state index is 0.176. The van der Waals surface area contributed by atoms with Crippen molar-refractivity contribution in [1.29, 1.82) is 0 Å². The molecule has 1 unspecified atom stereocenters. The summed E-state index contributed by atoms with van der Waals surface area (Å²) < 4.78 is 13.2. The number of ketones is 1. The average molecular weight is 236 g/mol. The van der Waals surface area contributed by atoms with Crippen molar-refractivity contribution in [3.63, 3.8) is 0 Å². The molecule has 0 saturated heterocycles. The smallest absolute Gasteiger partial charge is 0.130 e. The monoisotopic (exact) mass is 236 g/mol. The van der Waals surface area contributed by atoms with Gasteiger partial charge in [-0.3, -0.25) is 0 Å². The second-order valence-corrected chi connectivity index (χ2v) is 4.65. The molecule has 0 radical (unpaired) electrons. The number of hydrogen-bond acceptors (Lipinski definition) is 1. The summed E-state index contributed by atoms with van der Waals surface area (Å²) in [5, 5.41) is 0. The van der Waals surface area contributed by atoms with E-state index in [1.165, 1.54) is 12.5 Å². The fourth-order valence-corrected chi connectivity index (χ4v) is 2.13. The van der Waals surface area contributed by atoms with Gasteiger partial charge >= 0.3 is 0 Å². The molecule has 0 fully saturated rings. The van der Waals surface area contributed by atoms with Crippen molar-refractivity contribution in [1.82, 2.24) is 0 Å². The van der Waals surface area contributed by atoms with Crippen LogP contribution in [-0.4, -0.2) is 5.78 Å². The molecule has 0 bridgehead atoms. The Bertz CT molecular complexity index is 360. The van der Waals surface area contributed by atoms with Gasteiger partial charge in [-0.05, 0) is 37.0 Å². The molecule has 0 aliphatic heterocycles. The Morgan fingerprint density at radius 2 is 2.12 bits per heavy atom. The Kier molecular flexibility index (Phi) is 5.88. The van der Waals surface area contributed by atoms with Crippen LogP contribution in [-0.2, 0) is 4.79 Å². The highest BCUT2D eigenvalue weighted by molar-refractivity contribution is 5.76. The van der Waals surface area contributed by atoms with Gasteiger partial charge in [-0.1, -0.05) is 38.3 Å². The van der Waals surface area contributed by atoms with E-state index >= 15 is 0 Å². The summed E-state index contributed by atoms with van der Waals surface area (Å²) in [4.78, 5) is 11.3. The maximum Gasteiger partial charge on any atom is 0.130 e. The van der Waals surface area contributed by atoms with Crippen molar-refractivity contribution in [2.24, 2.45) is 0 Å².